The number of aromatic nitrogens is 1. The lowest BCUT2D eigenvalue weighted by Gasteiger charge is -2.33. The minimum Gasteiger partial charge on any atom is -0.467 e. The van der Waals surface area contributed by atoms with Crippen LogP contribution in [0.2, 0.25) is 0 Å². The molecule has 1 aliphatic rings. The number of hydrogen-bond donors (Lipinski definition) is 1. The molecule has 1 aliphatic heterocycles. The molecule has 3 aromatic rings. The van der Waals surface area contributed by atoms with Crippen LogP contribution in [0.25, 0.3) is 11.1 Å². The van der Waals surface area contributed by atoms with E-state index >= 15 is 0 Å². The van der Waals surface area contributed by atoms with Crippen LogP contribution >= 0.6 is 24.8 Å². The number of anilines is 1. The number of rotatable bonds is 3. The highest BCUT2D eigenvalue weighted by Gasteiger charge is 2.25. The van der Waals surface area contributed by atoms with Crippen molar-refractivity contribution in [3.05, 3.63) is 47.4 Å². The molecular weight excluding hydrogens is 391 g/mol. The van der Waals surface area contributed by atoms with Gasteiger partial charge < -0.3 is 24.4 Å². The fourth-order valence-corrected chi connectivity index (χ4v) is 3.04. The smallest absolute Gasteiger partial charge is 0.298 e. The second-order valence-corrected chi connectivity index (χ2v) is 6.25. The largest absolute Gasteiger partial charge is 0.467 e. The number of aryl methyl sites for hydroxylation is 1. The lowest BCUT2D eigenvalue weighted by atomic mass is 10.2. The average molecular weight is 413 g/mol. The van der Waals surface area contributed by atoms with Crippen LogP contribution in [0.4, 0.5) is 6.01 Å². The van der Waals surface area contributed by atoms with E-state index in [2.05, 4.69) is 9.88 Å². The summed E-state index contributed by atoms with van der Waals surface area (Å²) in [5.74, 6) is 0.583. The van der Waals surface area contributed by atoms with Gasteiger partial charge in [-0.1, -0.05) is 6.07 Å². The molecule has 146 valence electrons. The molecule has 2 aromatic heterocycles. The number of benzene rings is 1. The van der Waals surface area contributed by atoms with Crippen LogP contribution in [0, 0.1) is 6.92 Å². The molecule has 0 aliphatic carbocycles. The topological polar surface area (TPSA) is 88.7 Å². The molecule has 1 aromatic carbocycles. The molecule has 0 spiro atoms. The first-order valence-electron chi connectivity index (χ1n) is 8.33. The van der Waals surface area contributed by atoms with Crippen molar-refractivity contribution in [1.82, 2.24) is 9.88 Å². The molecular formula is C18H22Cl2N4O3. The maximum Gasteiger partial charge on any atom is 0.298 e. The van der Waals surface area contributed by atoms with Crippen LogP contribution < -0.4 is 10.6 Å². The molecule has 0 saturated carbocycles. The number of hydrogen-bond acceptors (Lipinski definition) is 6. The number of fused-ring (bicyclic) bond motifs is 1. The summed E-state index contributed by atoms with van der Waals surface area (Å²) in [6.45, 7) is 4.90. The average Bonchev–Trinajstić information content (AvgIpc) is 3.27. The fourth-order valence-electron chi connectivity index (χ4n) is 3.04. The van der Waals surface area contributed by atoms with E-state index in [4.69, 9.17) is 14.6 Å². The van der Waals surface area contributed by atoms with Gasteiger partial charge in [-0.15, -0.1) is 24.8 Å². The number of furan rings is 1. The lowest BCUT2D eigenvalue weighted by Crippen LogP contribution is -2.48. The van der Waals surface area contributed by atoms with E-state index in [1.165, 1.54) is 6.26 Å². The van der Waals surface area contributed by atoms with Crippen LogP contribution in [-0.4, -0.2) is 42.0 Å². The predicted molar refractivity (Wildman–Crippen MR) is 108 cm³/mol. The number of nitrogens with two attached hydrogens (primary N) is 1. The van der Waals surface area contributed by atoms with E-state index in [0.717, 1.165) is 16.7 Å². The van der Waals surface area contributed by atoms with E-state index in [1.54, 1.807) is 6.07 Å². The van der Waals surface area contributed by atoms with Crippen molar-refractivity contribution in [3.63, 3.8) is 0 Å². The van der Waals surface area contributed by atoms with Gasteiger partial charge in [0.05, 0.1) is 12.1 Å². The predicted octanol–water partition coefficient (Wildman–Crippen LogP) is 2.99. The van der Waals surface area contributed by atoms with Crippen LogP contribution in [0.1, 0.15) is 21.7 Å². The summed E-state index contributed by atoms with van der Waals surface area (Å²) in [6, 6.07) is 8.28. The molecule has 4 rings (SSSR count). The molecule has 1 saturated heterocycles. The number of piperazine rings is 1. The van der Waals surface area contributed by atoms with Gasteiger partial charge in [0, 0.05) is 26.2 Å². The maximum atomic E-state index is 12.5. The van der Waals surface area contributed by atoms with E-state index in [-0.39, 0.29) is 37.3 Å². The van der Waals surface area contributed by atoms with Gasteiger partial charge >= 0.3 is 0 Å². The van der Waals surface area contributed by atoms with Crippen LogP contribution in [0.5, 0.6) is 0 Å². The first kappa shape index (κ1) is 21.1. The SMILES string of the molecule is Cc1ccc2oc(N3CCN(C(=O)c4coc(CN)c4)CC3)nc2c1.Cl.Cl. The van der Waals surface area contributed by atoms with Gasteiger partial charge in [-0.3, -0.25) is 4.79 Å². The maximum absolute atomic E-state index is 12.5. The molecule has 9 heteroatoms. The van der Waals surface area contributed by atoms with E-state index in [0.29, 0.717) is 43.5 Å². The van der Waals surface area contributed by atoms with E-state index in [9.17, 15) is 4.79 Å². The Morgan fingerprint density at radius 1 is 1.19 bits per heavy atom. The summed E-state index contributed by atoms with van der Waals surface area (Å²) in [6.07, 6.45) is 1.47. The second kappa shape index (κ2) is 8.65. The Morgan fingerprint density at radius 2 is 1.93 bits per heavy atom. The van der Waals surface area contributed by atoms with Gasteiger partial charge in [0.25, 0.3) is 11.9 Å². The molecule has 0 radical (unpaired) electrons. The minimum atomic E-state index is -0.0312. The van der Waals surface area contributed by atoms with Crippen molar-refractivity contribution >= 4 is 47.8 Å². The zero-order chi connectivity index (χ0) is 17.4. The van der Waals surface area contributed by atoms with Crippen molar-refractivity contribution in [2.24, 2.45) is 5.73 Å². The van der Waals surface area contributed by atoms with Gasteiger partial charge in [-0.25, -0.2) is 0 Å². The third-order valence-electron chi connectivity index (χ3n) is 4.47. The summed E-state index contributed by atoms with van der Waals surface area (Å²) >= 11 is 0. The van der Waals surface area contributed by atoms with Crippen molar-refractivity contribution in [3.8, 4) is 0 Å². The monoisotopic (exact) mass is 412 g/mol. The molecule has 2 N–H and O–H groups in total. The number of amides is 1. The van der Waals surface area contributed by atoms with Crippen LogP contribution in [0.3, 0.4) is 0 Å². The summed E-state index contributed by atoms with van der Waals surface area (Å²) in [5, 5.41) is 0. The highest BCUT2D eigenvalue weighted by Crippen LogP contribution is 2.24. The van der Waals surface area contributed by atoms with Gasteiger partial charge in [0.1, 0.15) is 17.5 Å². The van der Waals surface area contributed by atoms with Gasteiger partial charge in [-0.2, -0.15) is 4.98 Å². The van der Waals surface area contributed by atoms with Crippen molar-refractivity contribution in [1.29, 1.82) is 0 Å². The Bertz CT molecular complexity index is 916. The Labute approximate surface area is 169 Å². The number of nitrogens with zero attached hydrogens (tertiary/aromatic N) is 3. The first-order chi connectivity index (χ1) is 12.1. The van der Waals surface area contributed by atoms with Crippen molar-refractivity contribution < 1.29 is 13.6 Å². The summed E-state index contributed by atoms with van der Waals surface area (Å²) in [7, 11) is 0. The summed E-state index contributed by atoms with van der Waals surface area (Å²) < 4.78 is 11.1. The lowest BCUT2D eigenvalue weighted by molar-refractivity contribution is 0.0744. The molecule has 1 fully saturated rings. The summed E-state index contributed by atoms with van der Waals surface area (Å²) in [5.41, 5.74) is 8.87. The normalized spacial score (nSPS) is 14.0. The number of oxazole rings is 1. The zero-order valence-corrected chi connectivity index (χ0v) is 16.5. The third kappa shape index (κ3) is 4.21. The first-order valence-corrected chi connectivity index (χ1v) is 8.33. The molecule has 27 heavy (non-hydrogen) atoms. The highest BCUT2D eigenvalue weighted by molar-refractivity contribution is 5.94. The number of carbonyl (C=O) groups excluding carboxylic acids is 1. The number of halogens is 2. The molecule has 3 heterocycles. The molecule has 0 atom stereocenters. The Balaban J connectivity index is 0.00000131. The third-order valence-corrected chi connectivity index (χ3v) is 4.47. The quantitative estimate of drug-likeness (QED) is 0.710. The van der Waals surface area contributed by atoms with E-state index in [1.807, 2.05) is 30.0 Å². The zero-order valence-electron chi connectivity index (χ0n) is 14.9. The fraction of sp³-hybridized carbons (Fsp3) is 0.333. The van der Waals surface area contributed by atoms with Crippen molar-refractivity contribution in [2.75, 3.05) is 31.1 Å². The van der Waals surface area contributed by atoms with Crippen LogP contribution in [-0.2, 0) is 6.54 Å². The minimum absolute atomic E-state index is 0. The van der Waals surface area contributed by atoms with Crippen LogP contribution in [0.15, 0.2) is 39.4 Å². The molecule has 7 nitrogen and oxygen atoms in total. The Kier molecular flexibility index (Phi) is 6.75. The van der Waals surface area contributed by atoms with Gasteiger partial charge in [-0.05, 0) is 30.7 Å². The van der Waals surface area contributed by atoms with Gasteiger partial charge in [0.15, 0.2) is 5.58 Å². The van der Waals surface area contributed by atoms with Crippen molar-refractivity contribution in [2.45, 2.75) is 13.5 Å². The molecule has 0 bridgehead atoms. The van der Waals surface area contributed by atoms with E-state index < -0.39 is 0 Å². The Hall–Kier alpha value is -2.22. The second-order valence-electron chi connectivity index (χ2n) is 6.25. The molecule has 0 unspecified atom stereocenters. The highest BCUT2D eigenvalue weighted by atomic mass is 35.5. The Morgan fingerprint density at radius 3 is 2.59 bits per heavy atom. The molecule has 1 amide bonds. The summed E-state index contributed by atoms with van der Waals surface area (Å²) in [4.78, 5) is 21.0. The number of carbonyl (C=O) groups is 1. The standard InChI is InChI=1S/C18H20N4O3.2ClH/c1-12-2-3-16-15(8-12)20-18(25-16)22-6-4-21(5-7-22)17(23)13-9-14(10-19)24-11-13;;/h2-3,8-9,11H,4-7,10,19H2,1H3;2*1H. The van der Waals surface area contributed by atoms with Gasteiger partial charge in [0.2, 0.25) is 0 Å².